The minimum absolute atomic E-state index is 0.552. The van der Waals surface area contributed by atoms with Crippen molar-refractivity contribution in [1.82, 2.24) is 0 Å². The Morgan fingerprint density at radius 3 is 2.21 bits per heavy atom. The Labute approximate surface area is 113 Å². The Hall–Kier alpha value is -1.10. The third kappa shape index (κ3) is 3.26. The van der Waals surface area contributed by atoms with Crippen LogP contribution in [0, 0.1) is 11.8 Å². The van der Waals surface area contributed by atoms with Crippen LogP contribution in [0.4, 0.5) is 0 Å². The molecular formula is C14H23O5. The van der Waals surface area contributed by atoms with Gasteiger partial charge in [0, 0.05) is 5.41 Å². The summed E-state index contributed by atoms with van der Waals surface area (Å²) in [5.74, 6) is -2.83. The number of carboxylic acids is 2. The van der Waals surface area contributed by atoms with Crippen LogP contribution in [0.15, 0.2) is 0 Å². The van der Waals surface area contributed by atoms with Gasteiger partial charge in [-0.15, -0.1) is 0 Å². The predicted octanol–water partition coefficient (Wildman–Crippen LogP) is 2.23. The molecule has 1 radical (unpaired) electrons. The van der Waals surface area contributed by atoms with Crippen molar-refractivity contribution in [2.45, 2.75) is 63.9 Å². The van der Waals surface area contributed by atoms with Crippen molar-refractivity contribution in [3.63, 3.8) is 0 Å². The van der Waals surface area contributed by atoms with Crippen LogP contribution in [-0.2, 0) is 9.59 Å². The summed E-state index contributed by atoms with van der Waals surface area (Å²) < 4.78 is 0. The van der Waals surface area contributed by atoms with Crippen LogP contribution in [0.5, 0.6) is 0 Å². The molecule has 0 aliphatic heterocycles. The second-order valence-electron chi connectivity index (χ2n) is 5.50. The van der Waals surface area contributed by atoms with Crippen molar-refractivity contribution in [3.05, 3.63) is 6.42 Å². The van der Waals surface area contributed by atoms with Gasteiger partial charge in [0.1, 0.15) is 6.42 Å². The average Bonchev–Trinajstić information content (AvgIpc) is 2.36. The first kappa shape index (κ1) is 16.0. The molecule has 1 saturated carbocycles. The fourth-order valence-electron chi connectivity index (χ4n) is 3.19. The molecule has 1 fully saturated rings. The maximum atomic E-state index is 11.5. The molecule has 0 aromatic carbocycles. The van der Waals surface area contributed by atoms with E-state index < -0.39 is 23.0 Å². The number of carboxylic acid groups (broad SMARTS) is 2. The lowest BCUT2D eigenvalue weighted by atomic mass is 9.59. The van der Waals surface area contributed by atoms with Gasteiger partial charge in [-0.2, -0.15) is 0 Å². The minimum atomic E-state index is -2.27. The van der Waals surface area contributed by atoms with E-state index in [9.17, 15) is 19.8 Å². The number of aliphatic carboxylic acids is 2. The molecule has 1 atom stereocenters. The average molecular weight is 271 g/mol. The molecule has 5 nitrogen and oxygen atoms in total. The van der Waals surface area contributed by atoms with Crippen molar-refractivity contribution >= 4 is 11.9 Å². The van der Waals surface area contributed by atoms with E-state index in [0.717, 1.165) is 32.1 Å². The molecule has 5 heteroatoms. The molecule has 1 aliphatic carbocycles. The highest BCUT2D eigenvalue weighted by Gasteiger charge is 2.56. The molecule has 1 unspecified atom stereocenters. The standard InChI is InChI=1S/C14H23O5/c1-2-3-7-13(8-5-4-6-9-13)14(19,12(17)18)10-11(15)16/h10,19H,2-9H2,1H3,(H,15,16)(H,17,18). The maximum Gasteiger partial charge on any atom is 0.337 e. The molecule has 0 saturated heterocycles. The summed E-state index contributed by atoms with van der Waals surface area (Å²) in [7, 11) is 0. The molecule has 0 aromatic rings. The highest BCUT2D eigenvalue weighted by molar-refractivity contribution is 5.91. The SMILES string of the molecule is CCCCC1(C(O)([CH]C(=O)O)C(=O)O)CCCCC1. The van der Waals surface area contributed by atoms with Crippen LogP contribution < -0.4 is 0 Å². The van der Waals surface area contributed by atoms with E-state index in [1.165, 1.54) is 0 Å². The highest BCUT2D eigenvalue weighted by Crippen LogP contribution is 2.50. The van der Waals surface area contributed by atoms with Crippen LogP contribution in [0.3, 0.4) is 0 Å². The molecule has 0 aromatic heterocycles. The second kappa shape index (κ2) is 6.37. The monoisotopic (exact) mass is 271 g/mol. The van der Waals surface area contributed by atoms with Gasteiger partial charge in [-0.05, 0) is 19.3 Å². The van der Waals surface area contributed by atoms with Crippen LogP contribution in [0.25, 0.3) is 0 Å². The number of hydrogen-bond acceptors (Lipinski definition) is 3. The van der Waals surface area contributed by atoms with Gasteiger partial charge in [-0.3, -0.25) is 4.79 Å². The second-order valence-corrected chi connectivity index (χ2v) is 5.50. The Bertz CT molecular complexity index is 333. The van der Waals surface area contributed by atoms with Gasteiger partial charge in [0.05, 0.1) is 0 Å². The zero-order valence-corrected chi connectivity index (χ0v) is 11.4. The fraction of sp³-hybridized carbons (Fsp3) is 0.786. The first-order valence-corrected chi connectivity index (χ1v) is 6.92. The van der Waals surface area contributed by atoms with E-state index in [-0.39, 0.29) is 0 Å². The third-order valence-electron chi connectivity index (χ3n) is 4.29. The number of aliphatic hydroxyl groups is 1. The summed E-state index contributed by atoms with van der Waals surface area (Å²) in [6.07, 6.45) is 6.63. The molecule has 0 spiro atoms. The molecular weight excluding hydrogens is 248 g/mol. The van der Waals surface area contributed by atoms with E-state index in [1.54, 1.807) is 0 Å². The maximum absolute atomic E-state index is 11.5. The number of hydrogen-bond donors (Lipinski definition) is 3. The van der Waals surface area contributed by atoms with E-state index >= 15 is 0 Å². The molecule has 0 bridgehead atoms. The van der Waals surface area contributed by atoms with Gasteiger partial charge < -0.3 is 15.3 Å². The zero-order chi connectivity index (χ0) is 14.5. The quantitative estimate of drug-likeness (QED) is 0.660. The topological polar surface area (TPSA) is 94.8 Å². The third-order valence-corrected chi connectivity index (χ3v) is 4.29. The van der Waals surface area contributed by atoms with Crippen LogP contribution >= 0.6 is 0 Å². The van der Waals surface area contributed by atoms with Gasteiger partial charge in [0.25, 0.3) is 0 Å². The first-order chi connectivity index (χ1) is 8.88. The molecule has 0 heterocycles. The number of unbranched alkanes of at least 4 members (excludes halogenated alkanes) is 1. The summed E-state index contributed by atoms with van der Waals surface area (Å²) in [6, 6.07) is 0. The van der Waals surface area contributed by atoms with Crippen molar-refractivity contribution in [2.24, 2.45) is 5.41 Å². The van der Waals surface area contributed by atoms with Crippen LogP contribution in [-0.4, -0.2) is 32.9 Å². The summed E-state index contributed by atoms with van der Waals surface area (Å²) in [4.78, 5) is 22.4. The van der Waals surface area contributed by atoms with Gasteiger partial charge in [-0.1, -0.05) is 39.0 Å². The summed E-state index contributed by atoms with van der Waals surface area (Å²) in [6.45, 7) is 2.00. The number of rotatable bonds is 7. The molecule has 1 aliphatic rings. The normalized spacial score (nSPS) is 21.6. The Balaban J connectivity index is 3.09. The lowest BCUT2D eigenvalue weighted by Gasteiger charge is -2.46. The Morgan fingerprint density at radius 1 is 1.21 bits per heavy atom. The molecule has 109 valence electrons. The van der Waals surface area contributed by atoms with Crippen molar-refractivity contribution in [1.29, 1.82) is 0 Å². The number of carbonyl (C=O) groups is 2. The van der Waals surface area contributed by atoms with E-state index in [2.05, 4.69) is 0 Å². The van der Waals surface area contributed by atoms with Gasteiger partial charge in [0.15, 0.2) is 5.60 Å². The van der Waals surface area contributed by atoms with E-state index in [0.29, 0.717) is 25.7 Å². The Kier molecular flexibility index (Phi) is 5.35. The predicted molar refractivity (Wildman–Crippen MR) is 69.6 cm³/mol. The summed E-state index contributed by atoms with van der Waals surface area (Å²) >= 11 is 0. The van der Waals surface area contributed by atoms with Crippen LogP contribution in [0.2, 0.25) is 0 Å². The van der Waals surface area contributed by atoms with Gasteiger partial charge in [-0.25, -0.2) is 4.79 Å². The molecule has 0 amide bonds. The van der Waals surface area contributed by atoms with Crippen molar-refractivity contribution in [3.8, 4) is 0 Å². The van der Waals surface area contributed by atoms with Gasteiger partial charge in [0.2, 0.25) is 0 Å². The zero-order valence-electron chi connectivity index (χ0n) is 11.4. The fourth-order valence-corrected chi connectivity index (χ4v) is 3.19. The molecule has 1 rings (SSSR count). The molecule has 19 heavy (non-hydrogen) atoms. The van der Waals surface area contributed by atoms with Crippen molar-refractivity contribution in [2.75, 3.05) is 0 Å². The summed E-state index contributed by atoms with van der Waals surface area (Å²) in [5.41, 5.74) is -3.11. The van der Waals surface area contributed by atoms with Crippen molar-refractivity contribution < 1.29 is 24.9 Å². The Morgan fingerprint density at radius 2 is 1.79 bits per heavy atom. The van der Waals surface area contributed by atoms with Crippen LogP contribution in [0.1, 0.15) is 58.3 Å². The minimum Gasteiger partial charge on any atom is -0.481 e. The van der Waals surface area contributed by atoms with E-state index in [1.807, 2.05) is 6.92 Å². The molecule has 3 N–H and O–H groups in total. The lowest BCUT2D eigenvalue weighted by Crippen LogP contribution is -2.56. The summed E-state index contributed by atoms with van der Waals surface area (Å²) in [5, 5.41) is 28.8. The van der Waals surface area contributed by atoms with E-state index in [4.69, 9.17) is 5.11 Å². The smallest absolute Gasteiger partial charge is 0.337 e. The van der Waals surface area contributed by atoms with Gasteiger partial charge >= 0.3 is 11.9 Å². The lowest BCUT2D eigenvalue weighted by molar-refractivity contribution is -0.177. The first-order valence-electron chi connectivity index (χ1n) is 6.92. The highest BCUT2D eigenvalue weighted by atomic mass is 16.4. The largest absolute Gasteiger partial charge is 0.481 e.